The number of benzene rings is 2. The molecule has 1 unspecified atom stereocenters. The van der Waals surface area contributed by atoms with E-state index in [4.69, 9.17) is 9.16 Å². The molecule has 4 rings (SSSR count). The Kier molecular flexibility index (Phi) is 13.7. The van der Waals surface area contributed by atoms with Crippen LogP contribution in [0.25, 0.3) is 10.9 Å². The number of hydrogen-bond donors (Lipinski definition) is 2. The number of nitrogens with zero attached hydrogens (tertiary/aromatic N) is 1. The van der Waals surface area contributed by atoms with Crippen molar-refractivity contribution in [1.82, 2.24) is 15.2 Å². The minimum atomic E-state index is -2.08. The molecule has 1 aromatic heterocycles. The molecule has 2 N–H and O–H groups in total. The third kappa shape index (κ3) is 11.1. The van der Waals surface area contributed by atoms with Crippen LogP contribution in [0.2, 0.25) is 18.1 Å². The molecule has 1 saturated heterocycles. The number of rotatable bonds is 18. The first kappa shape index (κ1) is 35.4. The minimum Gasteiger partial charge on any atom is -0.487 e. The predicted molar refractivity (Wildman–Crippen MR) is 192 cm³/mol. The Morgan fingerprint density at radius 2 is 1.56 bits per heavy atom. The van der Waals surface area contributed by atoms with Gasteiger partial charge in [0.15, 0.2) is 8.32 Å². The van der Waals surface area contributed by atoms with Crippen molar-refractivity contribution < 1.29 is 9.16 Å². The Labute approximate surface area is 273 Å². The zero-order valence-electron chi connectivity index (χ0n) is 28.8. The molecule has 1 aliphatic rings. The van der Waals surface area contributed by atoms with Crippen LogP contribution in [0, 0.1) is 0 Å². The Morgan fingerprint density at radius 3 is 2.27 bits per heavy atom. The molecule has 3 aromatic rings. The van der Waals surface area contributed by atoms with E-state index in [9.17, 15) is 4.79 Å². The molecule has 0 aliphatic carbocycles. The van der Waals surface area contributed by atoms with Gasteiger partial charge in [0, 0.05) is 18.0 Å². The van der Waals surface area contributed by atoms with E-state index >= 15 is 0 Å². The van der Waals surface area contributed by atoms with E-state index in [-0.39, 0.29) is 16.7 Å². The Hall–Kier alpha value is -2.45. The van der Waals surface area contributed by atoms with Crippen LogP contribution in [0.3, 0.4) is 0 Å². The standard InChI is InChI=1S/C38H59N3O3Si/c1-38(2,3)45(4,5)44-35(29-39-25-15-9-7-6-8-10-16-26-41-27-17-12-18-28-41)32-21-23-34(37-33(32)22-24-36(42)40-37)43-30-31-19-13-11-14-20-31/h11,13-14,19-24,35,39H,6-10,12,15-18,25-30H2,1-5H3,(H,40,42). The maximum atomic E-state index is 12.4. The topological polar surface area (TPSA) is 66.6 Å². The number of unbranched alkanes of at least 4 members (excludes halogenated alkanes) is 6. The van der Waals surface area contributed by atoms with Crippen molar-refractivity contribution >= 4 is 19.2 Å². The van der Waals surface area contributed by atoms with Crippen LogP contribution in [0.1, 0.15) is 102 Å². The van der Waals surface area contributed by atoms with Crippen molar-refractivity contribution in [1.29, 1.82) is 0 Å². The average molecular weight is 634 g/mol. The highest BCUT2D eigenvalue weighted by Gasteiger charge is 2.39. The highest BCUT2D eigenvalue weighted by molar-refractivity contribution is 6.74. The summed E-state index contributed by atoms with van der Waals surface area (Å²) < 4.78 is 13.3. The van der Waals surface area contributed by atoms with E-state index in [0.29, 0.717) is 12.4 Å². The summed E-state index contributed by atoms with van der Waals surface area (Å²) in [5, 5.41) is 4.79. The van der Waals surface area contributed by atoms with Gasteiger partial charge in [0.05, 0.1) is 11.6 Å². The van der Waals surface area contributed by atoms with Crippen LogP contribution < -0.4 is 15.6 Å². The predicted octanol–water partition coefficient (Wildman–Crippen LogP) is 8.98. The SMILES string of the molecule is CC(C)(C)[Si](C)(C)OC(CNCCCCCCCCCN1CCCCC1)c1ccc(OCc2ccccc2)c2[nH]c(=O)ccc12. The molecule has 0 radical (unpaired) electrons. The second kappa shape index (κ2) is 17.5. The van der Waals surface area contributed by atoms with Gasteiger partial charge < -0.3 is 24.4 Å². The Bertz CT molecular complexity index is 1350. The van der Waals surface area contributed by atoms with Gasteiger partial charge in [-0.15, -0.1) is 0 Å². The van der Waals surface area contributed by atoms with Crippen molar-refractivity contribution in [2.24, 2.45) is 0 Å². The molecule has 6 nitrogen and oxygen atoms in total. The maximum Gasteiger partial charge on any atom is 0.248 e. The van der Waals surface area contributed by atoms with Gasteiger partial charge in [-0.05, 0) is 93.3 Å². The van der Waals surface area contributed by atoms with Crippen LogP contribution >= 0.6 is 0 Å². The molecule has 2 aromatic carbocycles. The maximum absolute atomic E-state index is 12.4. The van der Waals surface area contributed by atoms with Crippen LogP contribution in [0.4, 0.5) is 0 Å². The van der Waals surface area contributed by atoms with E-state index in [1.165, 1.54) is 83.8 Å². The molecule has 7 heteroatoms. The molecular weight excluding hydrogens is 575 g/mol. The van der Waals surface area contributed by atoms with Crippen molar-refractivity contribution in [3.05, 3.63) is 76.1 Å². The lowest BCUT2D eigenvalue weighted by Crippen LogP contribution is -2.43. The molecule has 45 heavy (non-hydrogen) atoms. The van der Waals surface area contributed by atoms with Crippen molar-refractivity contribution in [2.75, 3.05) is 32.7 Å². The number of H-pyrrole nitrogens is 1. The van der Waals surface area contributed by atoms with Gasteiger partial charge in [0.2, 0.25) is 5.56 Å². The molecule has 0 spiro atoms. The number of fused-ring (bicyclic) bond motifs is 1. The van der Waals surface area contributed by atoms with E-state index in [1.807, 2.05) is 42.5 Å². The van der Waals surface area contributed by atoms with E-state index in [0.717, 1.165) is 35.1 Å². The summed E-state index contributed by atoms with van der Waals surface area (Å²) in [6.07, 6.45) is 13.3. The van der Waals surface area contributed by atoms with Gasteiger partial charge in [-0.25, -0.2) is 0 Å². The summed E-state index contributed by atoms with van der Waals surface area (Å²) in [6.45, 7) is 17.6. The second-order valence-corrected chi connectivity index (χ2v) is 19.2. The molecule has 1 fully saturated rings. The molecule has 0 saturated carbocycles. The summed E-state index contributed by atoms with van der Waals surface area (Å²) in [4.78, 5) is 18.2. The van der Waals surface area contributed by atoms with E-state index in [2.05, 4.69) is 55.1 Å². The van der Waals surface area contributed by atoms with E-state index < -0.39 is 8.32 Å². The summed E-state index contributed by atoms with van der Waals surface area (Å²) in [7, 11) is -2.08. The van der Waals surface area contributed by atoms with Crippen molar-refractivity contribution in [3.63, 3.8) is 0 Å². The van der Waals surface area contributed by atoms with Gasteiger partial charge in [-0.3, -0.25) is 4.79 Å². The molecular formula is C38H59N3O3Si. The number of hydrogen-bond acceptors (Lipinski definition) is 5. The van der Waals surface area contributed by atoms with Gasteiger partial charge >= 0.3 is 0 Å². The fourth-order valence-corrected chi connectivity index (χ4v) is 7.29. The number of aromatic amines is 1. The monoisotopic (exact) mass is 633 g/mol. The number of ether oxygens (including phenoxy) is 1. The molecule has 248 valence electrons. The molecule has 1 atom stereocenters. The fourth-order valence-electron chi connectivity index (χ4n) is 6.02. The second-order valence-electron chi connectivity index (χ2n) is 14.5. The van der Waals surface area contributed by atoms with Gasteiger partial charge in [0.25, 0.3) is 0 Å². The largest absolute Gasteiger partial charge is 0.487 e. The third-order valence-corrected chi connectivity index (χ3v) is 14.3. The molecule has 0 amide bonds. The van der Waals surface area contributed by atoms with Gasteiger partial charge in [0.1, 0.15) is 12.4 Å². The lowest BCUT2D eigenvalue weighted by Gasteiger charge is -2.39. The van der Waals surface area contributed by atoms with Crippen LogP contribution in [-0.4, -0.2) is 50.9 Å². The third-order valence-electron chi connectivity index (χ3n) is 9.82. The molecule has 2 heterocycles. The van der Waals surface area contributed by atoms with Gasteiger partial charge in [-0.1, -0.05) is 95.7 Å². The zero-order valence-corrected chi connectivity index (χ0v) is 29.8. The normalized spacial score (nSPS) is 15.4. The first-order valence-electron chi connectivity index (χ1n) is 17.6. The van der Waals surface area contributed by atoms with Crippen molar-refractivity contribution in [2.45, 2.75) is 116 Å². The van der Waals surface area contributed by atoms with E-state index in [1.54, 1.807) is 6.07 Å². The summed E-state index contributed by atoms with van der Waals surface area (Å²) >= 11 is 0. The Morgan fingerprint density at radius 1 is 0.867 bits per heavy atom. The molecule has 0 bridgehead atoms. The minimum absolute atomic E-state index is 0.0852. The van der Waals surface area contributed by atoms with Crippen LogP contribution in [0.5, 0.6) is 5.75 Å². The number of piperidine rings is 1. The number of likely N-dealkylation sites (tertiary alicyclic amines) is 1. The van der Waals surface area contributed by atoms with Gasteiger partial charge in [-0.2, -0.15) is 0 Å². The highest BCUT2D eigenvalue weighted by atomic mass is 28.4. The smallest absolute Gasteiger partial charge is 0.248 e. The number of aromatic nitrogens is 1. The summed E-state index contributed by atoms with van der Waals surface area (Å²) in [6, 6.07) is 17.8. The first-order valence-corrected chi connectivity index (χ1v) is 20.5. The lowest BCUT2D eigenvalue weighted by atomic mass is 10.0. The zero-order chi connectivity index (χ0) is 32.1. The van der Waals surface area contributed by atoms with Crippen LogP contribution in [0.15, 0.2) is 59.4 Å². The first-order chi connectivity index (χ1) is 21.6. The number of pyridine rings is 1. The van der Waals surface area contributed by atoms with Crippen molar-refractivity contribution in [3.8, 4) is 5.75 Å². The average Bonchev–Trinajstić information content (AvgIpc) is 3.02. The molecule has 1 aliphatic heterocycles. The van der Waals surface area contributed by atoms with Crippen LogP contribution in [-0.2, 0) is 11.0 Å². The Balaban J connectivity index is 1.33. The quantitative estimate of drug-likeness (QED) is 0.108. The number of nitrogens with one attached hydrogen (secondary N) is 2. The fraction of sp³-hybridized carbons (Fsp3) is 0.605. The summed E-state index contributed by atoms with van der Waals surface area (Å²) in [5.41, 5.74) is 2.78. The lowest BCUT2D eigenvalue weighted by molar-refractivity contribution is 0.181. The highest BCUT2D eigenvalue weighted by Crippen LogP contribution is 2.41. The summed E-state index contributed by atoms with van der Waals surface area (Å²) in [5.74, 6) is 0.681.